The number of aromatic amines is 1. The number of ether oxygens (including phenoxy) is 1. The van der Waals surface area contributed by atoms with Crippen LogP contribution >= 0.6 is 7.75 Å². The Labute approximate surface area is 204 Å². The number of aliphatic hydroxyl groups is 2. The Balaban J connectivity index is 1.22. The minimum atomic E-state index is -4.23. The smallest absolute Gasteiger partial charge is 0.403 e. The molecule has 0 radical (unpaired) electrons. The van der Waals surface area contributed by atoms with Gasteiger partial charge in [-0.25, -0.2) is 19.2 Å². The average Bonchev–Trinajstić information content (AvgIpc) is 3.47. The second kappa shape index (κ2) is 9.41. The highest BCUT2D eigenvalue weighted by Gasteiger charge is 2.47. The Morgan fingerprint density at radius 2 is 2.11 bits per heavy atom. The van der Waals surface area contributed by atoms with Crippen molar-refractivity contribution < 1.29 is 38.6 Å². The summed E-state index contributed by atoms with van der Waals surface area (Å²) in [5, 5.41) is 36.8. The quantitative estimate of drug-likeness (QED) is 0.122. The molecule has 5 atom stereocenters. The lowest BCUT2D eigenvalue weighted by Gasteiger charge is -2.18. The molecule has 1 aliphatic heterocycles. The fourth-order valence-electron chi connectivity index (χ4n) is 4.40. The lowest BCUT2D eigenvalue weighted by atomic mass is 10.1. The van der Waals surface area contributed by atoms with Crippen molar-refractivity contribution in [3.05, 3.63) is 42.4 Å². The van der Waals surface area contributed by atoms with E-state index in [1.165, 1.54) is 15.5 Å². The number of hydrogen-bond acceptors (Lipinski definition) is 9. The van der Waals surface area contributed by atoms with E-state index in [2.05, 4.69) is 20.0 Å². The van der Waals surface area contributed by atoms with E-state index >= 15 is 0 Å². The fourth-order valence-corrected chi connectivity index (χ4v) is 5.23. The lowest BCUT2D eigenvalue weighted by molar-refractivity contribution is -0.745. The SMILES string of the molecule is Cn1c[n+]([C@@H]2O[C@H](COP(=O)(O)NCCc3c[nH]c4ccccc34)[C@@H](O)[C@H]2O)c2nc(N)nc([O-])c21. The molecule has 0 aliphatic carbocycles. The number of nitrogen functional groups attached to an aromatic ring is 1. The van der Waals surface area contributed by atoms with Gasteiger partial charge in [0, 0.05) is 29.5 Å². The number of nitrogens with zero attached hydrogens (tertiary/aromatic N) is 4. The summed E-state index contributed by atoms with van der Waals surface area (Å²) >= 11 is 0. The number of anilines is 1. The number of para-hydroxylation sites is 1. The molecule has 1 unspecified atom stereocenters. The van der Waals surface area contributed by atoms with Gasteiger partial charge in [-0.05, 0) is 18.1 Å². The topological polar surface area (TPSA) is 208 Å². The third-order valence-corrected chi connectivity index (χ3v) is 7.27. The van der Waals surface area contributed by atoms with Gasteiger partial charge in [0.1, 0.15) is 18.3 Å². The van der Waals surface area contributed by atoms with Crippen LogP contribution < -0.4 is 20.5 Å². The second-order valence-electron chi connectivity index (χ2n) is 8.57. The van der Waals surface area contributed by atoms with E-state index in [9.17, 15) is 24.8 Å². The van der Waals surface area contributed by atoms with Gasteiger partial charge in [-0.1, -0.05) is 23.2 Å². The Kier molecular flexibility index (Phi) is 6.43. The van der Waals surface area contributed by atoms with Crippen molar-refractivity contribution in [2.24, 2.45) is 7.05 Å². The van der Waals surface area contributed by atoms with Crippen molar-refractivity contribution >= 4 is 35.8 Å². The van der Waals surface area contributed by atoms with Crippen LogP contribution in [-0.4, -0.2) is 66.1 Å². The highest BCUT2D eigenvalue weighted by atomic mass is 31.2. The van der Waals surface area contributed by atoms with Crippen molar-refractivity contribution in [2.45, 2.75) is 31.0 Å². The van der Waals surface area contributed by atoms with Crippen LogP contribution in [0.4, 0.5) is 5.95 Å². The summed E-state index contributed by atoms with van der Waals surface area (Å²) in [6.07, 6.45) is -1.38. The molecule has 1 aliphatic rings. The summed E-state index contributed by atoms with van der Waals surface area (Å²) in [7, 11) is -2.65. The second-order valence-corrected chi connectivity index (χ2v) is 10.2. The maximum atomic E-state index is 12.5. The van der Waals surface area contributed by atoms with E-state index in [0.29, 0.717) is 6.42 Å². The van der Waals surface area contributed by atoms with Gasteiger partial charge in [0.25, 0.3) is 5.95 Å². The van der Waals surface area contributed by atoms with E-state index in [0.717, 1.165) is 16.5 Å². The van der Waals surface area contributed by atoms with E-state index in [4.69, 9.17) is 15.0 Å². The van der Waals surface area contributed by atoms with E-state index in [1.54, 1.807) is 7.05 Å². The molecular formula is C21H26N7O7P. The Morgan fingerprint density at radius 3 is 2.92 bits per heavy atom. The molecular weight excluding hydrogens is 493 g/mol. The molecule has 36 heavy (non-hydrogen) atoms. The van der Waals surface area contributed by atoms with Crippen LogP contribution in [0, 0.1) is 0 Å². The van der Waals surface area contributed by atoms with Crippen molar-refractivity contribution in [2.75, 3.05) is 18.9 Å². The third-order valence-electron chi connectivity index (χ3n) is 6.15. The first-order chi connectivity index (χ1) is 17.1. The van der Waals surface area contributed by atoms with Crippen LogP contribution in [0.25, 0.3) is 22.1 Å². The standard InChI is InChI=1S/C21H26N7O7P/c1-27-10-28(18-15(27)19(31)26-21(22)25-18)20-17(30)16(29)14(35-20)9-34-36(32,33)24-7-6-11-8-23-13-5-3-2-4-12(11)13/h2-5,8,10,14,16-17,20,23,29-30H,6-7,9H2,1H3,(H4-,22,24,25,26,31,32,33)/t14-,16-,17-,20-/m1/s1. The summed E-state index contributed by atoms with van der Waals surface area (Å²) in [4.78, 5) is 21.0. The van der Waals surface area contributed by atoms with E-state index < -0.39 is 44.8 Å². The molecule has 0 bridgehead atoms. The van der Waals surface area contributed by atoms with Crippen molar-refractivity contribution in [1.29, 1.82) is 0 Å². The van der Waals surface area contributed by atoms with Crippen LogP contribution in [0.1, 0.15) is 11.8 Å². The van der Waals surface area contributed by atoms with E-state index in [1.807, 2.05) is 30.5 Å². The van der Waals surface area contributed by atoms with Gasteiger partial charge in [0.05, 0.1) is 13.7 Å². The molecule has 1 fully saturated rings. The van der Waals surface area contributed by atoms with Crippen molar-refractivity contribution in [1.82, 2.24) is 24.6 Å². The number of aryl methyl sites for hydroxylation is 1. The van der Waals surface area contributed by atoms with Crippen LogP contribution in [0.3, 0.4) is 0 Å². The summed E-state index contributed by atoms with van der Waals surface area (Å²) in [6.45, 7) is -0.308. The Morgan fingerprint density at radius 1 is 1.33 bits per heavy atom. The van der Waals surface area contributed by atoms with Crippen molar-refractivity contribution in [3.63, 3.8) is 0 Å². The number of rotatable bonds is 8. The number of fused-ring (bicyclic) bond motifs is 2. The third kappa shape index (κ3) is 4.55. The zero-order chi connectivity index (χ0) is 25.6. The maximum absolute atomic E-state index is 12.5. The number of aromatic nitrogens is 5. The summed E-state index contributed by atoms with van der Waals surface area (Å²) in [6, 6.07) is 7.74. The average molecular weight is 519 g/mol. The molecule has 4 heterocycles. The highest BCUT2D eigenvalue weighted by molar-refractivity contribution is 7.50. The highest BCUT2D eigenvalue weighted by Crippen LogP contribution is 2.38. The minimum absolute atomic E-state index is 0.111. The predicted octanol–water partition coefficient (Wildman–Crippen LogP) is -1.04. The number of hydrogen-bond donors (Lipinski definition) is 6. The maximum Gasteiger partial charge on any atom is 0.403 e. The molecule has 7 N–H and O–H groups in total. The van der Waals surface area contributed by atoms with Gasteiger partial charge in [-0.2, -0.15) is 0 Å². The number of nitrogens with two attached hydrogens (primary N) is 1. The molecule has 3 aromatic heterocycles. The normalized spacial score (nSPS) is 24.0. The monoisotopic (exact) mass is 519 g/mol. The van der Waals surface area contributed by atoms with Gasteiger partial charge in [0.2, 0.25) is 6.23 Å². The lowest BCUT2D eigenvalue weighted by Crippen LogP contribution is -2.46. The number of benzene rings is 1. The summed E-state index contributed by atoms with van der Waals surface area (Å²) < 4.78 is 26.2. The van der Waals surface area contributed by atoms with Gasteiger partial charge in [-0.15, -0.1) is 0 Å². The molecule has 0 amide bonds. The molecule has 0 saturated carbocycles. The Bertz CT molecular complexity index is 1460. The summed E-state index contributed by atoms with van der Waals surface area (Å²) in [5.74, 6) is -0.855. The Hall–Kier alpha value is -3.10. The fraction of sp³-hybridized carbons (Fsp3) is 0.381. The molecule has 5 rings (SSSR count). The summed E-state index contributed by atoms with van der Waals surface area (Å²) in [5.41, 5.74) is 7.80. The van der Waals surface area contributed by atoms with Crippen LogP contribution in [0.2, 0.25) is 0 Å². The van der Waals surface area contributed by atoms with Gasteiger partial charge in [-0.3, -0.25) is 9.09 Å². The first-order valence-electron chi connectivity index (χ1n) is 11.1. The molecule has 1 saturated heterocycles. The first kappa shape index (κ1) is 24.6. The largest absolute Gasteiger partial charge is 0.856 e. The first-order valence-corrected chi connectivity index (χ1v) is 12.7. The van der Waals surface area contributed by atoms with Gasteiger partial charge < -0.3 is 35.7 Å². The van der Waals surface area contributed by atoms with Gasteiger partial charge in [0.15, 0.2) is 11.8 Å². The molecule has 15 heteroatoms. The van der Waals surface area contributed by atoms with Crippen LogP contribution in [0.5, 0.6) is 5.88 Å². The molecule has 192 valence electrons. The zero-order valence-electron chi connectivity index (χ0n) is 19.2. The number of nitrogens with one attached hydrogen (secondary N) is 2. The zero-order valence-corrected chi connectivity index (χ0v) is 20.1. The number of H-pyrrole nitrogens is 1. The van der Waals surface area contributed by atoms with Crippen molar-refractivity contribution in [3.8, 4) is 5.88 Å². The number of aliphatic hydroxyl groups excluding tert-OH is 2. The molecule has 4 aromatic rings. The van der Waals surface area contributed by atoms with Gasteiger partial charge >= 0.3 is 13.4 Å². The van der Waals surface area contributed by atoms with Crippen LogP contribution in [0.15, 0.2) is 36.8 Å². The molecule has 0 spiro atoms. The molecule has 1 aromatic carbocycles. The van der Waals surface area contributed by atoms with Crippen LogP contribution in [-0.2, 0) is 27.3 Å². The van der Waals surface area contributed by atoms with E-state index in [-0.39, 0.29) is 23.7 Å². The minimum Gasteiger partial charge on any atom is -0.856 e. The predicted molar refractivity (Wildman–Crippen MR) is 124 cm³/mol. The molecule has 14 nitrogen and oxygen atoms in total. The number of imidazole rings is 1.